The molecule has 16 heavy (non-hydrogen) atoms. The van der Waals surface area contributed by atoms with Gasteiger partial charge in [-0.15, -0.1) is 0 Å². The fourth-order valence-electron chi connectivity index (χ4n) is 1.70. The van der Waals surface area contributed by atoms with E-state index in [1.807, 2.05) is 6.92 Å². The molecule has 0 atom stereocenters. The molecule has 0 saturated carbocycles. The van der Waals surface area contributed by atoms with Crippen molar-refractivity contribution >= 4 is 11.6 Å². The molecule has 0 aromatic carbocycles. The highest BCUT2D eigenvalue weighted by Crippen LogP contribution is 2.08. The van der Waals surface area contributed by atoms with E-state index in [-0.39, 0.29) is 0 Å². The second kappa shape index (κ2) is 10.8. The topological polar surface area (TPSA) is 34.1 Å². The van der Waals surface area contributed by atoms with Crippen LogP contribution in [0.4, 0.5) is 0 Å². The molecule has 0 aliphatic rings. The maximum absolute atomic E-state index is 11.4. The molecular formula is C14H26O2. The Morgan fingerprint density at radius 1 is 0.688 bits per heavy atom. The summed E-state index contributed by atoms with van der Waals surface area (Å²) in [6.45, 7) is 4.05. The molecular weight excluding hydrogens is 200 g/mol. The first-order valence-electron chi connectivity index (χ1n) is 6.74. The second-order valence-corrected chi connectivity index (χ2v) is 4.45. The highest BCUT2D eigenvalue weighted by molar-refractivity contribution is 5.78. The summed E-state index contributed by atoms with van der Waals surface area (Å²) in [6.07, 6.45) is 9.12. The van der Waals surface area contributed by atoms with Crippen LogP contribution in [0.25, 0.3) is 0 Å². The molecule has 2 heteroatoms. The normalized spacial score (nSPS) is 10.4. The smallest absolute Gasteiger partial charge is 0.132 e. The van der Waals surface area contributed by atoms with E-state index in [2.05, 4.69) is 6.92 Å². The minimum atomic E-state index is 0.342. The zero-order valence-electron chi connectivity index (χ0n) is 10.9. The van der Waals surface area contributed by atoms with Crippen LogP contribution in [-0.4, -0.2) is 11.6 Å². The SMILES string of the molecule is CCCCCC(=O)CCCCCC(=O)CC. The molecule has 0 aromatic heterocycles. The van der Waals surface area contributed by atoms with Gasteiger partial charge in [0.25, 0.3) is 0 Å². The van der Waals surface area contributed by atoms with E-state index >= 15 is 0 Å². The molecule has 0 bridgehead atoms. The van der Waals surface area contributed by atoms with Crippen molar-refractivity contribution in [2.75, 3.05) is 0 Å². The maximum atomic E-state index is 11.4. The maximum Gasteiger partial charge on any atom is 0.132 e. The van der Waals surface area contributed by atoms with Crippen LogP contribution >= 0.6 is 0 Å². The van der Waals surface area contributed by atoms with Crippen LogP contribution < -0.4 is 0 Å². The molecule has 94 valence electrons. The number of carbonyl (C=O) groups excluding carboxylic acids is 2. The van der Waals surface area contributed by atoms with E-state index in [9.17, 15) is 9.59 Å². The number of hydrogen-bond acceptors (Lipinski definition) is 2. The number of carbonyl (C=O) groups is 2. The Hall–Kier alpha value is -0.660. The lowest BCUT2D eigenvalue weighted by Crippen LogP contribution is -1.98. The van der Waals surface area contributed by atoms with E-state index in [4.69, 9.17) is 0 Å². The van der Waals surface area contributed by atoms with Crippen LogP contribution in [0.2, 0.25) is 0 Å². The zero-order chi connectivity index (χ0) is 12.2. The second-order valence-electron chi connectivity index (χ2n) is 4.45. The van der Waals surface area contributed by atoms with Gasteiger partial charge in [-0.3, -0.25) is 9.59 Å². The molecule has 0 aliphatic carbocycles. The van der Waals surface area contributed by atoms with Crippen LogP contribution in [0, 0.1) is 0 Å². The highest BCUT2D eigenvalue weighted by atomic mass is 16.1. The molecule has 0 unspecified atom stereocenters. The Balaban J connectivity index is 3.24. The lowest BCUT2D eigenvalue weighted by atomic mass is 10.0. The Bertz CT molecular complexity index is 197. The van der Waals surface area contributed by atoms with E-state index < -0.39 is 0 Å². The van der Waals surface area contributed by atoms with E-state index in [0.717, 1.165) is 38.5 Å². The van der Waals surface area contributed by atoms with Crippen LogP contribution in [-0.2, 0) is 9.59 Å². The molecule has 0 aliphatic heterocycles. The van der Waals surface area contributed by atoms with Crippen LogP contribution in [0.1, 0.15) is 78.1 Å². The van der Waals surface area contributed by atoms with Crippen molar-refractivity contribution in [2.24, 2.45) is 0 Å². The van der Waals surface area contributed by atoms with Gasteiger partial charge in [-0.05, 0) is 19.3 Å². The van der Waals surface area contributed by atoms with Crippen molar-refractivity contribution in [3.05, 3.63) is 0 Å². The summed E-state index contributed by atoms with van der Waals surface area (Å²) >= 11 is 0. The molecule has 0 fully saturated rings. The standard InChI is InChI=1S/C14H26O2/c1-3-5-7-11-14(16)12-9-6-8-10-13(15)4-2/h3-12H2,1-2H3. The fourth-order valence-corrected chi connectivity index (χ4v) is 1.70. The first kappa shape index (κ1) is 15.3. The summed E-state index contributed by atoms with van der Waals surface area (Å²) in [7, 11) is 0. The molecule has 0 saturated heterocycles. The lowest BCUT2D eigenvalue weighted by molar-refractivity contribution is -0.119. The molecule has 2 nitrogen and oxygen atoms in total. The Morgan fingerprint density at radius 3 is 1.69 bits per heavy atom. The molecule has 0 heterocycles. The molecule has 0 radical (unpaired) electrons. The van der Waals surface area contributed by atoms with Gasteiger partial charge in [0.1, 0.15) is 11.6 Å². The van der Waals surface area contributed by atoms with Gasteiger partial charge in [-0.2, -0.15) is 0 Å². The molecule has 0 rings (SSSR count). The van der Waals surface area contributed by atoms with Gasteiger partial charge in [-0.1, -0.05) is 33.1 Å². The highest BCUT2D eigenvalue weighted by Gasteiger charge is 2.02. The molecule has 0 spiro atoms. The van der Waals surface area contributed by atoms with Gasteiger partial charge in [-0.25, -0.2) is 0 Å². The quantitative estimate of drug-likeness (QED) is 0.498. The van der Waals surface area contributed by atoms with Crippen LogP contribution in [0.15, 0.2) is 0 Å². The van der Waals surface area contributed by atoms with Crippen molar-refractivity contribution < 1.29 is 9.59 Å². The summed E-state index contributed by atoms with van der Waals surface area (Å²) in [4.78, 5) is 22.4. The van der Waals surface area contributed by atoms with Crippen LogP contribution in [0.3, 0.4) is 0 Å². The average Bonchev–Trinajstić information content (AvgIpc) is 2.28. The Labute approximate surface area is 99.8 Å². The van der Waals surface area contributed by atoms with Gasteiger partial charge in [0.05, 0.1) is 0 Å². The van der Waals surface area contributed by atoms with Crippen molar-refractivity contribution in [2.45, 2.75) is 78.1 Å². The zero-order valence-corrected chi connectivity index (χ0v) is 10.9. The van der Waals surface area contributed by atoms with Crippen molar-refractivity contribution in [3.8, 4) is 0 Å². The first-order chi connectivity index (χ1) is 7.70. The lowest BCUT2D eigenvalue weighted by Gasteiger charge is -2.01. The molecule has 0 aromatic rings. The van der Waals surface area contributed by atoms with Gasteiger partial charge in [0.2, 0.25) is 0 Å². The van der Waals surface area contributed by atoms with Crippen molar-refractivity contribution in [1.82, 2.24) is 0 Å². The van der Waals surface area contributed by atoms with Crippen molar-refractivity contribution in [3.63, 3.8) is 0 Å². The van der Waals surface area contributed by atoms with E-state index in [0.29, 0.717) is 30.8 Å². The monoisotopic (exact) mass is 226 g/mol. The third-order valence-electron chi connectivity index (χ3n) is 2.86. The minimum absolute atomic E-state index is 0.342. The Kier molecular flexibility index (Phi) is 10.4. The third-order valence-corrected chi connectivity index (χ3v) is 2.86. The third kappa shape index (κ3) is 9.88. The van der Waals surface area contributed by atoms with Crippen molar-refractivity contribution in [1.29, 1.82) is 0 Å². The number of rotatable bonds is 11. The first-order valence-corrected chi connectivity index (χ1v) is 6.74. The summed E-state index contributed by atoms with van der Waals surface area (Å²) in [5, 5.41) is 0. The van der Waals surface area contributed by atoms with Gasteiger partial charge in [0.15, 0.2) is 0 Å². The van der Waals surface area contributed by atoms with Gasteiger partial charge < -0.3 is 0 Å². The number of unbranched alkanes of at least 4 members (excludes halogenated alkanes) is 4. The predicted molar refractivity (Wildman–Crippen MR) is 67.5 cm³/mol. The van der Waals surface area contributed by atoms with E-state index in [1.165, 1.54) is 6.42 Å². The van der Waals surface area contributed by atoms with Gasteiger partial charge >= 0.3 is 0 Å². The summed E-state index contributed by atoms with van der Waals surface area (Å²) in [6, 6.07) is 0. The predicted octanol–water partition coefficient (Wildman–Crippen LogP) is 4.07. The summed E-state index contributed by atoms with van der Waals surface area (Å²) in [5.74, 6) is 0.740. The summed E-state index contributed by atoms with van der Waals surface area (Å²) < 4.78 is 0. The summed E-state index contributed by atoms with van der Waals surface area (Å²) in [5.41, 5.74) is 0. The number of ketones is 2. The van der Waals surface area contributed by atoms with Gasteiger partial charge in [0, 0.05) is 25.7 Å². The van der Waals surface area contributed by atoms with Crippen LogP contribution in [0.5, 0.6) is 0 Å². The molecule has 0 N–H and O–H groups in total. The number of Topliss-reactive ketones (excluding diaryl/α,β-unsaturated/α-hetero) is 2. The number of hydrogen-bond donors (Lipinski definition) is 0. The molecule has 0 amide bonds. The fraction of sp³-hybridized carbons (Fsp3) is 0.857. The van der Waals surface area contributed by atoms with E-state index in [1.54, 1.807) is 0 Å². The Morgan fingerprint density at radius 2 is 1.19 bits per heavy atom. The largest absolute Gasteiger partial charge is 0.300 e. The average molecular weight is 226 g/mol. The minimum Gasteiger partial charge on any atom is -0.300 e.